The van der Waals surface area contributed by atoms with Crippen molar-refractivity contribution in [2.75, 3.05) is 38.1 Å². The summed E-state index contributed by atoms with van der Waals surface area (Å²) in [5, 5.41) is 9.41. The van der Waals surface area contributed by atoms with Crippen LogP contribution in [-0.2, 0) is 11.2 Å². The molecule has 0 saturated carbocycles. The molecule has 4 nitrogen and oxygen atoms in total. The van der Waals surface area contributed by atoms with Gasteiger partial charge in [0.05, 0.1) is 10.7 Å². The Kier molecular flexibility index (Phi) is 5.26. The maximum Gasteiger partial charge on any atom is 0.303 e. The summed E-state index contributed by atoms with van der Waals surface area (Å²) in [5.74, 6) is -0.745. The number of anilines is 1. The normalized spacial score (nSPS) is 16.4. The number of benzene rings is 1. The molecule has 20 heavy (non-hydrogen) atoms. The van der Waals surface area contributed by atoms with Crippen LogP contribution in [-0.4, -0.2) is 49.2 Å². The van der Waals surface area contributed by atoms with Gasteiger partial charge in [-0.05, 0) is 37.6 Å². The van der Waals surface area contributed by atoms with Crippen molar-refractivity contribution in [2.24, 2.45) is 0 Å². The zero-order valence-corrected chi connectivity index (χ0v) is 12.6. The molecule has 1 saturated heterocycles. The SMILES string of the molecule is CN1CCN(c2ccc(CCCC(=O)O)cc2Cl)CC1. The average molecular weight is 297 g/mol. The molecule has 0 spiro atoms. The van der Waals surface area contributed by atoms with Crippen molar-refractivity contribution >= 4 is 23.3 Å². The number of carboxylic acid groups (broad SMARTS) is 1. The number of halogens is 1. The smallest absolute Gasteiger partial charge is 0.303 e. The number of carboxylic acids is 1. The van der Waals surface area contributed by atoms with E-state index in [0.29, 0.717) is 6.42 Å². The molecule has 0 radical (unpaired) electrons. The van der Waals surface area contributed by atoms with E-state index in [1.165, 1.54) is 0 Å². The van der Waals surface area contributed by atoms with E-state index in [1.54, 1.807) is 0 Å². The Balaban J connectivity index is 1.97. The third kappa shape index (κ3) is 4.12. The summed E-state index contributed by atoms with van der Waals surface area (Å²) in [6, 6.07) is 6.09. The van der Waals surface area contributed by atoms with Crippen molar-refractivity contribution in [3.05, 3.63) is 28.8 Å². The van der Waals surface area contributed by atoms with Crippen LogP contribution in [0.5, 0.6) is 0 Å². The lowest BCUT2D eigenvalue weighted by molar-refractivity contribution is -0.137. The molecule has 110 valence electrons. The number of nitrogens with zero attached hydrogens (tertiary/aromatic N) is 2. The summed E-state index contributed by atoms with van der Waals surface area (Å²) in [7, 11) is 2.13. The molecule has 1 aliphatic heterocycles. The second-order valence-electron chi connectivity index (χ2n) is 5.32. The minimum atomic E-state index is -0.745. The highest BCUT2D eigenvalue weighted by atomic mass is 35.5. The monoisotopic (exact) mass is 296 g/mol. The predicted octanol–water partition coefficient (Wildman–Crippen LogP) is 2.50. The fourth-order valence-corrected chi connectivity index (χ4v) is 2.78. The number of rotatable bonds is 5. The first-order chi connectivity index (χ1) is 9.56. The van der Waals surface area contributed by atoms with E-state index >= 15 is 0 Å². The Labute approximate surface area is 124 Å². The molecule has 1 fully saturated rings. The van der Waals surface area contributed by atoms with Crippen LogP contribution < -0.4 is 4.90 Å². The van der Waals surface area contributed by atoms with E-state index in [-0.39, 0.29) is 6.42 Å². The lowest BCUT2D eigenvalue weighted by Crippen LogP contribution is -2.44. The fraction of sp³-hybridized carbons (Fsp3) is 0.533. The quantitative estimate of drug-likeness (QED) is 0.907. The maximum atomic E-state index is 10.5. The van der Waals surface area contributed by atoms with Crippen LogP contribution in [0.15, 0.2) is 18.2 Å². The molecule has 0 aliphatic carbocycles. The van der Waals surface area contributed by atoms with Gasteiger partial charge in [-0.1, -0.05) is 17.7 Å². The van der Waals surface area contributed by atoms with Crippen molar-refractivity contribution in [2.45, 2.75) is 19.3 Å². The lowest BCUT2D eigenvalue weighted by atomic mass is 10.1. The maximum absolute atomic E-state index is 10.5. The summed E-state index contributed by atoms with van der Waals surface area (Å²) in [5.41, 5.74) is 2.19. The number of aliphatic carboxylic acids is 1. The molecule has 0 bridgehead atoms. The molecule has 1 aliphatic rings. The molecule has 2 rings (SSSR count). The molecule has 1 N–H and O–H groups in total. The highest BCUT2D eigenvalue weighted by Gasteiger charge is 2.16. The first-order valence-electron chi connectivity index (χ1n) is 7.00. The van der Waals surface area contributed by atoms with Gasteiger partial charge in [-0.2, -0.15) is 0 Å². The summed E-state index contributed by atoms with van der Waals surface area (Å²) < 4.78 is 0. The first kappa shape index (κ1) is 15.1. The van der Waals surface area contributed by atoms with E-state index in [4.69, 9.17) is 16.7 Å². The lowest BCUT2D eigenvalue weighted by Gasteiger charge is -2.34. The van der Waals surface area contributed by atoms with Gasteiger partial charge in [0.1, 0.15) is 0 Å². The Morgan fingerprint density at radius 1 is 1.30 bits per heavy atom. The van der Waals surface area contributed by atoms with Crippen LogP contribution in [0.4, 0.5) is 5.69 Å². The largest absolute Gasteiger partial charge is 0.481 e. The third-order valence-electron chi connectivity index (χ3n) is 3.71. The van der Waals surface area contributed by atoms with E-state index < -0.39 is 5.97 Å². The van der Waals surface area contributed by atoms with Gasteiger partial charge in [0.15, 0.2) is 0 Å². The Morgan fingerprint density at radius 3 is 2.60 bits per heavy atom. The van der Waals surface area contributed by atoms with Gasteiger partial charge in [0.25, 0.3) is 0 Å². The number of hydrogen-bond donors (Lipinski definition) is 1. The zero-order valence-electron chi connectivity index (χ0n) is 11.8. The van der Waals surface area contributed by atoms with E-state index in [0.717, 1.165) is 48.9 Å². The van der Waals surface area contributed by atoms with Gasteiger partial charge in [-0.3, -0.25) is 4.79 Å². The first-order valence-corrected chi connectivity index (χ1v) is 7.38. The molecule has 1 aromatic carbocycles. The molecule has 0 amide bonds. The highest BCUT2D eigenvalue weighted by molar-refractivity contribution is 6.33. The second kappa shape index (κ2) is 6.95. The van der Waals surface area contributed by atoms with Crippen LogP contribution in [0.3, 0.4) is 0 Å². The van der Waals surface area contributed by atoms with E-state index in [9.17, 15) is 4.79 Å². The Morgan fingerprint density at radius 2 is 2.00 bits per heavy atom. The molecule has 0 unspecified atom stereocenters. The molecule has 1 aromatic rings. The van der Waals surface area contributed by atoms with Crippen molar-refractivity contribution in [3.63, 3.8) is 0 Å². The van der Waals surface area contributed by atoms with E-state index in [1.807, 2.05) is 6.07 Å². The number of likely N-dealkylation sites (N-methyl/N-ethyl adjacent to an activating group) is 1. The van der Waals surface area contributed by atoms with Gasteiger partial charge in [-0.15, -0.1) is 0 Å². The molecule has 5 heteroatoms. The van der Waals surface area contributed by atoms with Crippen molar-refractivity contribution in [1.29, 1.82) is 0 Å². The van der Waals surface area contributed by atoms with Crippen molar-refractivity contribution in [1.82, 2.24) is 4.90 Å². The van der Waals surface area contributed by atoms with Crippen molar-refractivity contribution in [3.8, 4) is 0 Å². The zero-order chi connectivity index (χ0) is 14.5. The van der Waals surface area contributed by atoms with Crippen LogP contribution in [0.25, 0.3) is 0 Å². The van der Waals surface area contributed by atoms with Gasteiger partial charge < -0.3 is 14.9 Å². The second-order valence-corrected chi connectivity index (χ2v) is 5.73. The van der Waals surface area contributed by atoms with Crippen LogP contribution in [0, 0.1) is 0 Å². The fourth-order valence-electron chi connectivity index (χ4n) is 2.45. The number of piperazine rings is 1. The minimum absolute atomic E-state index is 0.206. The molecular formula is C15H21ClN2O2. The molecule has 0 atom stereocenters. The highest BCUT2D eigenvalue weighted by Crippen LogP contribution is 2.28. The van der Waals surface area contributed by atoms with Gasteiger partial charge in [-0.25, -0.2) is 0 Å². The minimum Gasteiger partial charge on any atom is -0.481 e. The summed E-state index contributed by atoms with van der Waals surface area (Å²) >= 11 is 6.37. The van der Waals surface area contributed by atoms with Crippen LogP contribution in [0.1, 0.15) is 18.4 Å². The Bertz CT molecular complexity index is 471. The van der Waals surface area contributed by atoms with Gasteiger partial charge >= 0.3 is 5.97 Å². The topological polar surface area (TPSA) is 43.8 Å². The average Bonchev–Trinajstić information content (AvgIpc) is 2.40. The predicted molar refractivity (Wildman–Crippen MR) is 81.7 cm³/mol. The molecule has 1 heterocycles. The van der Waals surface area contributed by atoms with Gasteiger partial charge in [0, 0.05) is 32.6 Å². The number of hydrogen-bond acceptors (Lipinski definition) is 3. The number of carbonyl (C=O) groups is 1. The van der Waals surface area contributed by atoms with Crippen molar-refractivity contribution < 1.29 is 9.90 Å². The van der Waals surface area contributed by atoms with Gasteiger partial charge in [0.2, 0.25) is 0 Å². The standard InChI is InChI=1S/C15H21ClN2O2/c1-17-7-9-18(10-8-17)14-6-5-12(11-13(14)16)3-2-4-15(19)20/h5-6,11H,2-4,7-10H2,1H3,(H,19,20). The molecule has 0 aromatic heterocycles. The Hall–Kier alpha value is -1.26. The van der Waals surface area contributed by atoms with E-state index in [2.05, 4.69) is 29.0 Å². The summed E-state index contributed by atoms with van der Waals surface area (Å²) in [4.78, 5) is 15.1. The third-order valence-corrected chi connectivity index (χ3v) is 4.01. The van der Waals surface area contributed by atoms with Crippen LogP contribution in [0.2, 0.25) is 5.02 Å². The summed E-state index contributed by atoms with van der Waals surface area (Å²) in [6.07, 6.45) is 1.62. The molecular weight excluding hydrogens is 276 g/mol. The van der Waals surface area contributed by atoms with Crippen LogP contribution >= 0.6 is 11.6 Å². The summed E-state index contributed by atoms with van der Waals surface area (Å²) in [6.45, 7) is 4.09. The number of aryl methyl sites for hydroxylation is 1.